The minimum absolute atomic E-state index is 0.745. The van der Waals surface area contributed by atoms with E-state index in [1.807, 2.05) is 12.1 Å². The van der Waals surface area contributed by atoms with Crippen molar-refractivity contribution in [2.24, 2.45) is 5.92 Å². The molecule has 24 heavy (non-hydrogen) atoms. The minimum Gasteiger partial charge on any atom is -0.494 e. The molecule has 2 aromatic rings. The average molecular weight is 324 g/mol. The smallest absolute Gasteiger partial charge is 0.119 e. The van der Waals surface area contributed by atoms with Gasteiger partial charge in [0.05, 0.1) is 13.2 Å². The maximum atomic E-state index is 5.98. The Morgan fingerprint density at radius 1 is 0.750 bits per heavy atom. The molecule has 0 aliphatic heterocycles. The molecule has 2 aromatic carbocycles. The van der Waals surface area contributed by atoms with Crippen LogP contribution in [-0.2, 0) is 0 Å². The monoisotopic (exact) mass is 324 g/mol. The van der Waals surface area contributed by atoms with E-state index >= 15 is 0 Å². The van der Waals surface area contributed by atoms with Gasteiger partial charge in [-0.3, -0.25) is 0 Å². The number of rotatable bonds is 7. The van der Waals surface area contributed by atoms with Crippen LogP contribution >= 0.6 is 0 Å². The van der Waals surface area contributed by atoms with Gasteiger partial charge in [-0.2, -0.15) is 0 Å². The molecule has 0 atom stereocenters. The molecular formula is C22H28O2. The summed E-state index contributed by atoms with van der Waals surface area (Å²) in [6.45, 7) is 3.75. The Bertz CT molecular complexity index is 595. The van der Waals surface area contributed by atoms with Crippen LogP contribution in [0.4, 0.5) is 0 Å². The number of hydrogen-bond donors (Lipinski definition) is 0. The zero-order chi connectivity index (χ0) is 16.6. The van der Waals surface area contributed by atoms with E-state index in [0.717, 1.165) is 37.1 Å². The van der Waals surface area contributed by atoms with Gasteiger partial charge in [0.15, 0.2) is 0 Å². The molecule has 0 saturated heterocycles. The molecule has 0 bridgehead atoms. The van der Waals surface area contributed by atoms with Crippen molar-refractivity contribution in [3.63, 3.8) is 0 Å². The molecule has 0 unspecified atom stereocenters. The molecule has 2 heteroatoms. The first-order valence-corrected chi connectivity index (χ1v) is 9.31. The SMILES string of the molecule is CCCOc1ccc(-c2ccc(OCC3CCCCC3)cc2)cc1. The van der Waals surface area contributed by atoms with Crippen molar-refractivity contribution < 1.29 is 9.47 Å². The molecule has 3 rings (SSSR count). The Labute approximate surface area is 145 Å². The Morgan fingerprint density at radius 2 is 1.29 bits per heavy atom. The van der Waals surface area contributed by atoms with Crippen molar-refractivity contribution in [3.05, 3.63) is 48.5 Å². The molecule has 1 fully saturated rings. The standard InChI is InChI=1S/C22H28O2/c1-2-16-23-21-12-8-19(9-13-21)20-10-14-22(15-11-20)24-17-18-6-4-3-5-7-18/h8-15,18H,2-7,16-17H2,1H3. The zero-order valence-corrected chi connectivity index (χ0v) is 14.7. The van der Waals surface area contributed by atoms with Gasteiger partial charge in [-0.1, -0.05) is 50.5 Å². The first-order chi connectivity index (χ1) is 11.8. The molecule has 0 amide bonds. The molecule has 1 saturated carbocycles. The third-order valence-electron chi connectivity index (χ3n) is 4.73. The van der Waals surface area contributed by atoms with E-state index in [0.29, 0.717) is 0 Å². The first kappa shape index (κ1) is 16.9. The third kappa shape index (κ3) is 4.77. The molecule has 2 nitrogen and oxygen atoms in total. The van der Waals surface area contributed by atoms with Gasteiger partial charge in [0.25, 0.3) is 0 Å². The average Bonchev–Trinajstić information content (AvgIpc) is 2.66. The highest BCUT2D eigenvalue weighted by Gasteiger charge is 2.13. The van der Waals surface area contributed by atoms with Crippen molar-refractivity contribution in [3.8, 4) is 22.6 Å². The maximum absolute atomic E-state index is 5.98. The highest BCUT2D eigenvalue weighted by Crippen LogP contribution is 2.27. The van der Waals surface area contributed by atoms with Crippen LogP contribution in [-0.4, -0.2) is 13.2 Å². The van der Waals surface area contributed by atoms with Gasteiger partial charge in [-0.05, 0) is 60.6 Å². The summed E-state index contributed by atoms with van der Waals surface area (Å²) in [6, 6.07) is 16.7. The lowest BCUT2D eigenvalue weighted by Crippen LogP contribution is -2.15. The lowest BCUT2D eigenvalue weighted by molar-refractivity contribution is 0.209. The van der Waals surface area contributed by atoms with E-state index < -0.39 is 0 Å². The predicted molar refractivity (Wildman–Crippen MR) is 99.7 cm³/mol. The van der Waals surface area contributed by atoms with Crippen LogP contribution in [0, 0.1) is 5.92 Å². The van der Waals surface area contributed by atoms with Crippen LogP contribution in [0.15, 0.2) is 48.5 Å². The van der Waals surface area contributed by atoms with Gasteiger partial charge in [-0.15, -0.1) is 0 Å². The summed E-state index contributed by atoms with van der Waals surface area (Å²) < 4.78 is 11.6. The van der Waals surface area contributed by atoms with E-state index in [-0.39, 0.29) is 0 Å². The Morgan fingerprint density at radius 3 is 1.83 bits per heavy atom. The van der Waals surface area contributed by atoms with Gasteiger partial charge < -0.3 is 9.47 Å². The fraction of sp³-hybridized carbons (Fsp3) is 0.455. The summed E-state index contributed by atoms with van der Waals surface area (Å²) in [5, 5.41) is 0. The third-order valence-corrected chi connectivity index (χ3v) is 4.73. The van der Waals surface area contributed by atoms with Crippen LogP contribution < -0.4 is 9.47 Å². The first-order valence-electron chi connectivity index (χ1n) is 9.31. The van der Waals surface area contributed by atoms with Gasteiger partial charge in [-0.25, -0.2) is 0 Å². The van der Waals surface area contributed by atoms with Crippen LogP contribution in [0.25, 0.3) is 11.1 Å². The van der Waals surface area contributed by atoms with Gasteiger partial charge in [0.2, 0.25) is 0 Å². The van der Waals surface area contributed by atoms with E-state index in [4.69, 9.17) is 9.47 Å². The lowest BCUT2D eigenvalue weighted by Gasteiger charge is -2.21. The van der Waals surface area contributed by atoms with Crippen LogP contribution in [0.2, 0.25) is 0 Å². The molecule has 0 spiro atoms. The number of ether oxygens (including phenoxy) is 2. The van der Waals surface area contributed by atoms with Crippen molar-refractivity contribution in [1.82, 2.24) is 0 Å². The zero-order valence-electron chi connectivity index (χ0n) is 14.7. The summed E-state index contributed by atoms with van der Waals surface area (Å²) >= 11 is 0. The molecule has 1 aliphatic rings. The van der Waals surface area contributed by atoms with Crippen molar-refractivity contribution >= 4 is 0 Å². The second-order valence-electron chi connectivity index (χ2n) is 6.71. The van der Waals surface area contributed by atoms with Crippen molar-refractivity contribution in [1.29, 1.82) is 0 Å². The molecule has 0 aromatic heterocycles. The molecule has 1 aliphatic carbocycles. The van der Waals surface area contributed by atoms with Gasteiger partial charge in [0, 0.05) is 0 Å². The molecule has 0 heterocycles. The van der Waals surface area contributed by atoms with Crippen LogP contribution in [0.3, 0.4) is 0 Å². The Kier molecular flexibility index (Phi) is 6.17. The second kappa shape index (κ2) is 8.77. The van der Waals surface area contributed by atoms with E-state index in [2.05, 4.69) is 43.3 Å². The summed E-state index contributed by atoms with van der Waals surface area (Å²) in [5.41, 5.74) is 2.42. The largest absolute Gasteiger partial charge is 0.494 e. The van der Waals surface area contributed by atoms with Crippen LogP contribution in [0.5, 0.6) is 11.5 Å². The quantitative estimate of drug-likeness (QED) is 0.612. The predicted octanol–water partition coefficient (Wildman–Crippen LogP) is 6.10. The van der Waals surface area contributed by atoms with Gasteiger partial charge >= 0.3 is 0 Å². The summed E-state index contributed by atoms with van der Waals surface area (Å²) in [4.78, 5) is 0. The van der Waals surface area contributed by atoms with Crippen molar-refractivity contribution in [2.75, 3.05) is 13.2 Å². The maximum Gasteiger partial charge on any atom is 0.119 e. The van der Waals surface area contributed by atoms with Crippen LogP contribution in [0.1, 0.15) is 45.4 Å². The Balaban J connectivity index is 1.55. The number of benzene rings is 2. The van der Waals surface area contributed by atoms with Gasteiger partial charge in [0.1, 0.15) is 11.5 Å². The summed E-state index contributed by atoms with van der Waals surface area (Å²) in [6.07, 6.45) is 7.81. The minimum atomic E-state index is 0.745. The summed E-state index contributed by atoms with van der Waals surface area (Å²) in [7, 11) is 0. The Hall–Kier alpha value is -1.96. The fourth-order valence-electron chi connectivity index (χ4n) is 3.28. The number of hydrogen-bond acceptors (Lipinski definition) is 2. The van der Waals surface area contributed by atoms with E-state index in [1.54, 1.807) is 0 Å². The topological polar surface area (TPSA) is 18.5 Å². The lowest BCUT2D eigenvalue weighted by atomic mass is 9.90. The molecular weight excluding hydrogens is 296 g/mol. The normalized spacial score (nSPS) is 15.2. The van der Waals surface area contributed by atoms with E-state index in [9.17, 15) is 0 Å². The summed E-state index contributed by atoms with van der Waals surface area (Å²) in [5.74, 6) is 2.66. The second-order valence-corrected chi connectivity index (χ2v) is 6.71. The fourth-order valence-corrected chi connectivity index (χ4v) is 3.28. The molecule has 0 radical (unpaired) electrons. The highest BCUT2D eigenvalue weighted by molar-refractivity contribution is 5.64. The van der Waals surface area contributed by atoms with E-state index in [1.165, 1.54) is 43.2 Å². The molecule has 128 valence electrons. The highest BCUT2D eigenvalue weighted by atomic mass is 16.5. The van der Waals surface area contributed by atoms with Crippen molar-refractivity contribution in [2.45, 2.75) is 45.4 Å². The molecule has 0 N–H and O–H groups in total.